The minimum Gasteiger partial charge on any atom is -0.311 e. The number of rotatable bonds is 4. The van der Waals surface area contributed by atoms with Crippen molar-refractivity contribution in [1.82, 2.24) is 5.32 Å². The molecule has 2 rings (SSSR count). The number of ketones is 1. The largest absolute Gasteiger partial charge is 0.389 e. The average molecular weight is 263 g/mol. The van der Waals surface area contributed by atoms with Crippen molar-refractivity contribution in [3.8, 4) is 0 Å². The molecule has 0 spiro atoms. The van der Waals surface area contributed by atoms with Gasteiger partial charge in [0.1, 0.15) is 5.78 Å². The van der Waals surface area contributed by atoms with E-state index in [0.29, 0.717) is 12.1 Å². The molecule has 2 bridgehead atoms. The Balaban J connectivity index is 1.75. The number of carbonyl (C=O) groups excluding carboxylic acids is 1. The second-order valence-electron chi connectivity index (χ2n) is 5.59. The van der Waals surface area contributed by atoms with Crippen molar-refractivity contribution in [2.75, 3.05) is 0 Å². The smallest absolute Gasteiger partial charge is 0.311 e. The number of hydrogen-bond acceptors (Lipinski definition) is 2. The Bertz CT molecular complexity index is 291. The van der Waals surface area contributed by atoms with Gasteiger partial charge in [0.2, 0.25) is 0 Å². The van der Waals surface area contributed by atoms with Gasteiger partial charge in [-0.2, -0.15) is 13.2 Å². The highest BCUT2D eigenvalue weighted by molar-refractivity contribution is 5.81. The van der Waals surface area contributed by atoms with Gasteiger partial charge >= 0.3 is 6.18 Å². The van der Waals surface area contributed by atoms with Crippen molar-refractivity contribution in [2.45, 2.75) is 69.6 Å². The van der Waals surface area contributed by atoms with Crippen molar-refractivity contribution >= 4 is 5.78 Å². The third-order valence-electron chi connectivity index (χ3n) is 4.05. The molecule has 1 N–H and O–H groups in total. The van der Waals surface area contributed by atoms with Crippen LogP contribution in [0.3, 0.4) is 0 Å². The summed E-state index contributed by atoms with van der Waals surface area (Å²) in [6.45, 7) is 0. The van der Waals surface area contributed by atoms with Gasteiger partial charge in [-0.25, -0.2) is 0 Å². The van der Waals surface area contributed by atoms with Crippen molar-refractivity contribution in [3.05, 3.63) is 0 Å². The van der Waals surface area contributed by atoms with E-state index in [1.807, 2.05) is 0 Å². The first-order valence-electron chi connectivity index (χ1n) is 6.79. The van der Waals surface area contributed by atoms with Gasteiger partial charge < -0.3 is 5.32 Å². The molecular formula is C13H20F3NO. The first-order chi connectivity index (χ1) is 8.44. The molecule has 104 valence electrons. The van der Waals surface area contributed by atoms with Crippen LogP contribution in [0.25, 0.3) is 0 Å². The predicted octanol–water partition coefficient (Wildman–Crippen LogP) is 3.21. The maximum absolute atomic E-state index is 12.0. The van der Waals surface area contributed by atoms with Crippen LogP contribution in [0.2, 0.25) is 0 Å². The van der Waals surface area contributed by atoms with Crippen LogP contribution in [0.15, 0.2) is 0 Å². The molecule has 2 heterocycles. The number of fused-ring (bicyclic) bond motifs is 2. The second-order valence-corrected chi connectivity index (χ2v) is 5.59. The Morgan fingerprint density at radius 3 is 2.33 bits per heavy atom. The number of Topliss-reactive ketones (excluding diaryl/α,β-unsaturated/α-hetero) is 1. The zero-order chi connectivity index (χ0) is 13.2. The Morgan fingerprint density at radius 1 is 1.17 bits per heavy atom. The van der Waals surface area contributed by atoms with E-state index in [0.717, 1.165) is 25.7 Å². The topological polar surface area (TPSA) is 29.1 Å². The van der Waals surface area contributed by atoms with Crippen LogP contribution in [-0.4, -0.2) is 24.0 Å². The van der Waals surface area contributed by atoms with Crippen LogP contribution < -0.4 is 5.32 Å². The van der Waals surface area contributed by atoms with Crippen molar-refractivity contribution < 1.29 is 18.0 Å². The number of carbonyl (C=O) groups is 1. The van der Waals surface area contributed by atoms with Crippen molar-refractivity contribution in [2.24, 2.45) is 5.92 Å². The molecule has 2 aliphatic rings. The molecule has 2 aliphatic heterocycles. The molecule has 2 fully saturated rings. The second kappa shape index (κ2) is 5.59. The molecule has 0 amide bonds. The molecule has 0 aromatic rings. The van der Waals surface area contributed by atoms with E-state index in [4.69, 9.17) is 0 Å². The van der Waals surface area contributed by atoms with Gasteiger partial charge in [0.15, 0.2) is 0 Å². The SMILES string of the molecule is O=C(CCCC(F)(F)F)C1CC2CCCC(C1)N2. The Kier molecular flexibility index (Phi) is 4.30. The van der Waals surface area contributed by atoms with Gasteiger partial charge in [0.05, 0.1) is 0 Å². The average Bonchev–Trinajstić information content (AvgIpc) is 2.26. The van der Waals surface area contributed by atoms with Gasteiger partial charge in [0, 0.05) is 30.8 Å². The zero-order valence-corrected chi connectivity index (χ0v) is 10.4. The van der Waals surface area contributed by atoms with Crippen LogP contribution >= 0.6 is 0 Å². The van der Waals surface area contributed by atoms with Crippen molar-refractivity contribution in [3.63, 3.8) is 0 Å². The number of halogens is 3. The molecule has 18 heavy (non-hydrogen) atoms. The van der Waals surface area contributed by atoms with Crippen LogP contribution in [0, 0.1) is 5.92 Å². The summed E-state index contributed by atoms with van der Waals surface area (Å²) in [5.41, 5.74) is 0. The zero-order valence-electron chi connectivity index (χ0n) is 10.4. The number of nitrogens with one attached hydrogen (secondary N) is 1. The summed E-state index contributed by atoms with van der Waals surface area (Å²) in [5.74, 6) is 0.0347. The van der Waals surface area contributed by atoms with Gasteiger partial charge in [-0.05, 0) is 32.1 Å². The Hall–Kier alpha value is -0.580. The van der Waals surface area contributed by atoms with Crippen LogP contribution in [0.1, 0.15) is 51.4 Å². The molecule has 2 saturated heterocycles. The maximum Gasteiger partial charge on any atom is 0.389 e. The number of piperidine rings is 2. The van der Waals surface area contributed by atoms with Gasteiger partial charge in [-0.3, -0.25) is 4.79 Å². The Morgan fingerprint density at radius 2 is 1.78 bits per heavy atom. The van der Waals surface area contributed by atoms with Crippen LogP contribution in [-0.2, 0) is 4.79 Å². The van der Waals surface area contributed by atoms with E-state index in [2.05, 4.69) is 5.32 Å². The Labute approximate surface area is 105 Å². The first kappa shape index (κ1) is 13.8. The fraction of sp³-hybridized carbons (Fsp3) is 0.923. The minimum absolute atomic E-state index is 0.00483. The van der Waals surface area contributed by atoms with E-state index in [1.165, 1.54) is 6.42 Å². The molecule has 0 radical (unpaired) electrons. The molecule has 5 heteroatoms. The molecule has 2 atom stereocenters. The normalized spacial score (nSPS) is 32.3. The molecule has 2 nitrogen and oxygen atoms in total. The number of hydrogen-bond donors (Lipinski definition) is 1. The van der Waals surface area contributed by atoms with Gasteiger partial charge in [-0.1, -0.05) is 6.42 Å². The lowest BCUT2D eigenvalue weighted by molar-refractivity contribution is -0.138. The highest BCUT2D eigenvalue weighted by Crippen LogP contribution is 2.31. The van der Waals surface area contributed by atoms with E-state index in [-0.39, 0.29) is 24.5 Å². The third kappa shape index (κ3) is 3.97. The predicted molar refractivity (Wildman–Crippen MR) is 62.2 cm³/mol. The molecule has 2 unspecified atom stereocenters. The van der Waals surface area contributed by atoms with E-state index in [9.17, 15) is 18.0 Å². The molecule has 0 aromatic heterocycles. The van der Waals surface area contributed by atoms with Gasteiger partial charge in [0.25, 0.3) is 0 Å². The fourth-order valence-corrected chi connectivity index (χ4v) is 3.20. The monoisotopic (exact) mass is 263 g/mol. The minimum atomic E-state index is -4.13. The van der Waals surface area contributed by atoms with E-state index >= 15 is 0 Å². The maximum atomic E-state index is 12.0. The first-order valence-corrected chi connectivity index (χ1v) is 6.79. The van der Waals surface area contributed by atoms with Crippen LogP contribution in [0.4, 0.5) is 13.2 Å². The fourth-order valence-electron chi connectivity index (χ4n) is 3.20. The molecule has 0 aromatic carbocycles. The molecule has 0 saturated carbocycles. The highest BCUT2D eigenvalue weighted by Gasteiger charge is 2.34. The lowest BCUT2D eigenvalue weighted by atomic mass is 9.77. The molecular weight excluding hydrogens is 243 g/mol. The summed E-state index contributed by atoms with van der Waals surface area (Å²) in [6.07, 6.45) is 0.109. The summed E-state index contributed by atoms with van der Waals surface area (Å²) in [7, 11) is 0. The summed E-state index contributed by atoms with van der Waals surface area (Å²) >= 11 is 0. The van der Waals surface area contributed by atoms with E-state index < -0.39 is 12.6 Å². The number of alkyl halides is 3. The highest BCUT2D eigenvalue weighted by atomic mass is 19.4. The summed E-state index contributed by atoms with van der Waals surface area (Å²) in [6, 6.07) is 0.822. The molecule has 0 aliphatic carbocycles. The van der Waals surface area contributed by atoms with Crippen molar-refractivity contribution in [1.29, 1.82) is 0 Å². The summed E-state index contributed by atoms with van der Waals surface area (Å²) < 4.78 is 36.0. The summed E-state index contributed by atoms with van der Waals surface area (Å²) in [4.78, 5) is 11.9. The van der Waals surface area contributed by atoms with E-state index in [1.54, 1.807) is 0 Å². The lowest BCUT2D eigenvalue weighted by Gasteiger charge is -2.39. The third-order valence-corrected chi connectivity index (χ3v) is 4.05. The van der Waals surface area contributed by atoms with Crippen LogP contribution in [0.5, 0.6) is 0 Å². The summed E-state index contributed by atoms with van der Waals surface area (Å²) in [5, 5.41) is 3.49. The quantitative estimate of drug-likeness (QED) is 0.843. The van der Waals surface area contributed by atoms with Gasteiger partial charge in [-0.15, -0.1) is 0 Å². The standard InChI is InChI=1S/C13H20F3NO/c14-13(15,16)6-2-5-12(18)9-7-10-3-1-4-11(8-9)17-10/h9-11,17H,1-8H2. The lowest BCUT2D eigenvalue weighted by Crippen LogP contribution is -2.50.